The molecular formula is C14H14Br2N4. The summed E-state index contributed by atoms with van der Waals surface area (Å²) < 4.78 is 1.99. The first-order valence-electron chi connectivity index (χ1n) is 6.40. The fourth-order valence-electron chi connectivity index (χ4n) is 1.92. The van der Waals surface area contributed by atoms with E-state index in [0.29, 0.717) is 11.7 Å². The summed E-state index contributed by atoms with van der Waals surface area (Å²) in [5, 5.41) is 3.33. The molecule has 1 saturated carbocycles. The van der Waals surface area contributed by atoms with E-state index in [0.717, 1.165) is 44.7 Å². The number of anilines is 3. The van der Waals surface area contributed by atoms with E-state index in [1.54, 1.807) is 0 Å². The van der Waals surface area contributed by atoms with Crippen molar-refractivity contribution in [1.29, 1.82) is 0 Å². The van der Waals surface area contributed by atoms with E-state index in [4.69, 9.17) is 5.73 Å². The Balaban J connectivity index is 1.97. The molecule has 0 bridgehead atoms. The van der Waals surface area contributed by atoms with E-state index in [1.807, 2.05) is 25.1 Å². The second-order valence-electron chi connectivity index (χ2n) is 4.96. The predicted molar refractivity (Wildman–Crippen MR) is 88.3 cm³/mol. The molecule has 6 heteroatoms. The molecule has 0 unspecified atom stereocenters. The third kappa shape index (κ3) is 2.81. The molecular weight excluding hydrogens is 384 g/mol. The fourth-order valence-corrected chi connectivity index (χ4v) is 3.06. The number of nitrogens with two attached hydrogens (primary N) is 1. The van der Waals surface area contributed by atoms with Gasteiger partial charge in [-0.1, -0.05) is 15.9 Å². The van der Waals surface area contributed by atoms with Crippen LogP contribution in [0.5, 0.6) is 0 Å². The van der Waals surface area contributed by atoms with Gasteiger partial charge in [0.25, 0.3) is 0 Å². The number of aromatic nitrogens is 2. The molecule has 3 rings (SSSR count). The Labute approximate surface area is 134 Å². The van der Waals surface area contributed by atoms with Gasteiger partial charge in [-0.15, -0.1) is 0 Å². The summed E-state index contributed by atoms with van der Waals surface area (Å²) >= 11 is 6.98. The highest BCUT2D eigenvalue weighted by Gasteiger charge is 2.28. The highest BCUT2D eigenvalue weighted by Crippen LogP contribution is 2.39. The van der Waals surface area contributed by atoms with Gasteiger partial charge in [-0.25, -0.2) is 9.97 Å². The van der Waals surface area contributed by atoms with Gasteiger partial charge in [0.1, 0.15) is 17.5 Å². The smallest absolute Gasteiger partial charge is 0.139 e. The van der Waals surface area contributed by atoms with Crippen molar-refractivity contribution >= 4 is 49.2 Å². The molecule has 20 heavy (non-hydrogen) atoms. The van der Waals surface area contributed by atoms with Crippen molar-refractivity contribution in [2.24, 2.45) is 0 Å². The Morgan fingerprint density at radius 2 is 2.00 bits per heavy atom. The summed E-state index contributed by atoms with van der Waals surface area (Å²) in [5.41, 5.74) is 7.83. The van der Waals surface area contributed by atoms with Gasteiger partial charge in [-0.2, -0.15) is 0 Å². The molecule has 1 aliphatic rings. The van der Waals surface area contributed by atoms with E-state index in [2.05, 4.69) is 47.1 Å². The van der Waals surface area contributed by atoms with Crippen LogP contribution in [0.4, 0.5) is 17.3 Å². The molecule has 4 nitrogen and oxygen atoms in total. The number of hydrogen-bond acceptors (Lipinski definition) is 4. The summed E-state index contributed by atoms with van der Waals surface area (Å²) in [6.07, 6.45) is 2.31. The lowest BCUT2D eigenvalue weighted by Crippen LogP contribution is -2.06. The molecule has 1 aromatic carbocycles. The van der Waals surface area contributed by atoms with Crippen molar-refractivity contribution in [3.05, 3.63) is 38.5 Å². The second kappa shape index (κ2) is 5.33. The highest BCUT2D eigenvalue weighted by molar-refractivity contribution is 9.11. The van der Waals surface area contributed by atoms with Gasteiger partial charge in [-0.3, -0.25) is 0 Å². The Bertz CT molecular complexity index is 668. The third-order valence-electron chi connectivity index (χ3n) is 3.33. The summed E-state index contributed by atoms with van der Waals surface area (Å²) in [4.78, 5) is 9.00. The fraction of sp³-hybridized carbons (Fsp3) is 0.286. The van der Waals surface area contributed by atoms with Crippen molar-refractivity contribution in [2.75, 3.05) is 11.1 Å². The van der Waals surface area contributed by atoms with Gasteiger partial charge in [0.2, 0.25) is 0 Å². The Morgan fingerprint density at radius 1 is 1.25 bits per heavy atom. The SMILES string of the molecule is Cc1c(N)nc(C2CC2)nc1Nc1ccc(Br)cc1Br. The van der Waals surface area contributed by atoms with Crippen LogP contribution < -0.4 is 11.1 Å². The number of nitrogens with zero attached hydrogens (tertiary/aromatic N) is 2. The molecule has 0 saturated heterocycles. The van der Waals surface area contributed by atoms with Gasteiger partial charge in [0, 0.05) is 20.4 Å². The van der Waals surface area contributed by atoms with E-state index >= 15 is 0 Å². The van der Waals surface area contributed by atoms with Crippen molar-refractivity contribution in [3.63, 3.8) is 0 Å². The van der Waals surface area contributed by atoms with Gasteiger partial charge in [0.05, 0.1) is 5.69 Å². The molecule has 1 heterocycles. The van der Waals surface area contributed by atoms with Crippen LogP contribution in [0.25, 0.3) is 0 Å². The van der Waals surface area contributed by atoms with Crippen molar-refractivity contribution in [1.82, 2.24) is 9.97 Å². The van der Waals surface area contributed by atoms with Crippen molar-refractivity contribution in [3.8, 4) is 0 Å². The maximum absolute atomic E-state index is 5.99. The molecule has 1 aliphatic carbocycles. The van der Waals surface area contributed by atoms with Crippen molar-refractivity contribution < 1.29 is 0 Å². The summed E-state index contributed by atoms with van der Waals surface area (Å²) in [6.45, 7) is 1.93. The molecule has 1 fully saturated rings. The van der Waals surface area contributed by atoms with Crippen molar-refractivity contribution in [2.45, 2.75) is 25.7 Å². The lowest BCUT2D eigenvalue weighted by atomic mass is 10.2. The first-order chi connectivity index (χ1) is 9.54. The van der Waals surface area contributed by atoms with E-state index in [1.165, 1.54) is 0 Å². The minimum absolute atomic E-state index is 0.479. The number of nitrogen functional groups attached to an aromatic ring is 1. The highest BCUT2D eigenvalue weighted by atomic mass is 79.9. The quantitative estimate of drug-likeness (QED) is 0.799. The molecule has 1 aromatic heterocycles. The lowest BCUT2D eigenvalue weighted by molar-refractivity contribution is 0.927. The van der Waals surface area contributed by atoms with Crippen LogP contribution in [0.3, 0.4) is 0 Å². The molecule has 0 amide bonds. The lowest BCUT2D eigenvalue weighted by Gasteiger charge is -2.13. The number of hydrogen-bond donors (Lipinski definition) is 2. The van der Waals surface area contributed by atoms with Gasteiger partial charge in [0.15, 0.2) is 0 Å². The maximum atomic E-state index is 5.99. The molecule has 0 radical (unpaired) electrons. The normalized spacial score (nSPS) is 14.3. The third-order valence-corrected chi connectivity index (χ3v) is 4.48. The monoisotopic (exact) mass is 396 g/mol. The van der Waals surface area contributed by atoms with Gasteiger partial charge in [-0.05, 0) is 53.9 Å². The van der Waals surface area contributed by atoms with Crippen LogP contribution >= 0.6 is 31.9 Å². The van der Waals surface area contributed by atoms with E-state index in [9.17, 15) is 0 Å². The zero-order valence-corrected chi connectivity index (χ0v) is 14.1. The molecule has 0 spiro atoms. The number of rotatable bonds is 3. The number of nitrogens with one attached hydrogen (secondary N) is 1. The van der Waals surface area contributed by atoms with Crippen LogP contribution in [0.2, 0.25) is 0 Å². The van der Waals surface area contributed by atoms with Gasteiger partial charge >= 0.3 is 0 Å². The second-order valence-corrected chi connectivity index (χ2v) is 6.73. The molecule has 3 N–H and O–H groups in total. The average molecular weight is 398 g/mol. The van der Waals surface area contributed by atoms with Gasteiger partial charge < -0.3 is 11.1 Å². The zero-order valence-electron chi connectivity index (χ0n) is 11.0. The molecule has 0 atom stereocenters. The summed E-state index contributed by atoms with van der Waals surface area (Å²) in [7, 11) is 0. The topological polar surface area (TPSA) is 63.8 Å². The summed E-state index contributed by atoms with van der Waals surface area (Å²) in [5.74, 6) is 2.66. The summed E-state index contributed by atoms with van der Waals surface area (Å²) in [6, 6.07) is 5.96. The molecule has 0 aliphatic heterocycles. The van der Waals surface area contributed by atoms with Crippen LogP contribution in [0.15, 0.2) is 27.1 Å². The first-order valence-corrected chi connectivity index (χ1v) is 7.99. The Morgan fingerprint density at radius 3 is 2.65 bits per heavy atom. The minimum Gasteiger partial charge on any atom is -0.383 e. The standard InChI is InChI=1S/C14H14Br2N4/c1-7-12(17)19-14(8-2-3-8)20-13(7)18-11-5-4-9(15)6-10(11)16/h4-6,8H,2-3H2,1H3,(H3,17,18,19,20). The minimum atomic E-state index is 0.479. The van der Waals surface area contributed by atoms with Crippen LogP contribution in [0, 0.1) is 6.92 Å². The maximum Gasteiger partial charge on any atom is 0.139 e. The van der Waals surface area contributed by atoms with Crippen LogP contribution in [-0.4, -0.2) is 9.97 Å². The van der Waals surface area contributed by atoms with Crippen LogP contribution in [-0.2, 0) is 0 Å². The number of halogens is 2. The average Bonchev–Trinajstić information content (AvgIpc) is 3.22. The Kier molecular flexibility index (Phi) is 3.69. The zero-order chi connectivity index (χ0) is 14.3. The van der Waals surface area contributed by atoms with E-state index < -0.39 is 0 Å². The first kappa shape index (κ1) is 13.8. The largest absolute Gasteiger partial charge is 0.383 e. The number of benzene rings is 1. The molecule has 104 valence electrons. The predicted octanol–water partition coefficient (Wildman–Crippen LogP) is 4.51. The van der Waals surface area contributed by atoms with Crippen LogP contribution in [0.1, 0.15) is 30.1 Å². The molecule has 2 aromatic rings. The van der Waals surface area contributed by atoms with E-state index in [-0.39, 0.29) is 0 Å². The Hall–Kier alpha value is -1.14.